The first-order valence-electron chi connectivity index (χ1n) is 7.11. The summed E-state index contributed by atoms with van der Waals surface area (Å²) in [6, 6.07) is 4.33. The third-order valence-corrected chi connectivity index (χ3v) is 4.83. The predicted octanol–water partition coefficient (Wildman–Crippen LogP) is 3.87. The van der Waals surface area contributed by atoms with Gasteiger partial charge in [0.15, 0.2) is 0 Å². The lowest BCUT2D eigenvalue weighted by Crippen LogP contribution is -2.25. The minimum atomic E-state index is -0.242. The number of hydrogen-bond acceptors (Lipinski definition) is 3. The van der Waals surface area contributed by atoms with Crippen LogP contribution < -0.4 is 0 Å². The van der Waals surface area contributed by atoms with Crippen LogP contribution in [0, 0.1) is 0 Å². The molecule has 1 fully saturated rings. The second kappa shape index (κ2) is 5.88. The first-order chi connectivity index (χ1) is 9.36. The van der Waals surface area contributed by atoms with Gasteiger partial charge in [-0.2, -0.15) is 0 Å². The Bertz CT molecular complexity index is 506. The molecule has 2 unspecified atom stereocenters. The monoisotopic (exact) mass is 276 g/mol. The largest absolute Gasteiger partial charge is 0.391 e. The number of rotatable bonds is 2. The van der Waals surface area contributed by atoms with E-state index in [4.69, 9.17) is 0 Å². The van der Waals surface area contributed by atoms with Crippen molar-refractivity contribution in [3.63, 3.8) is 0 Å². The van der Waals surface area contributed by atoms with Crippen molar-refractivity contribution < 1.29 is 5.11 Å². The van der Waals surface area contributed by atoms with Crippen molar-refractivity contribution in [2.24, 2.45) is 0 Å². The molecule has 4 heteroatoms. The quantitative estimate of drug-likeness (QED) is 0.904. The van der Waals surface area contributed by atoms with E-state index in [-0.39, 0.29) is 12.1 Å². The molecule has 0 spiro atoms. The Morgan fingerprint density at radius 3 is 2.84 bits per heavy atom. The SMILES string of the molecule is OC1CCCCCCC1n1ccnc1-c1cccs1. The summed E-state index contributed by atoms with van der Waals surface area (Å²) in [6.07, 6.45) is 10.5. The highest BCUT2D eigenvalue weighted by molar-refractivity contribution is 7.13. The van der Waals surface area contributed by atoms with Gasteiger partial charge >= 0.3 is 0 Å². The standard InChI is InChI=1S/C15H20N2OS/c18-13-7-4-2-1-3-6-12(13)17-10-9-16-15(17)14-8-5-11-19-14/h5,8-13,18H,1-4,6-7H2. The van der Waals surface area contributed by atoms with Crippen LogP contribution in [0.25, 0.3) is 10.7 Å². The summed E-state index contributed by atoms with van der Waals surface area (Å²) in [5, 5.41) is 12.5. The zero-order valence-electron chi connectivity index (χ0n) is 11.0. The molecule has 1 N–H and O–H groups in total. The molecule has 3 rings (SSSR count). The first-order valence-corrected chi connectivity index (χ1v) is 7.99. The van der Waals surface area contributed by atoms with Crippen LogP contribution in [0.3, 0.4) is 0 Å². The van der Waals surface area contributed by atoms with E-state index in [1.54, 1.807) is 11.3 Å². The van der Waals surface area contributed by atoms with Crippen LogP contribution in [0.1, 0.15) is 44.6 Å². The van der Waals surface area contributed by atoms with Crippen LogP contribution >= 0.6 is 11.3 Å². The molecule has 2 heterocycles. The lowest BCUT2D eigenvalue weighted by molar-refractivity contribution is 0.0894. The van der Waals surface area contributed by atoms with Crippen LogP contribution in [0.4, 0.5) is 0 Å². The number of nitrogens with zero attached hydrogens (tertiary/aromatic N) is 2. The fourth-order valence-electron chi connectivity index (χ4n) is 2.95. The second-order valence-corrected chi connectivity index (χ2v) is 6.21. The number of aromatic nitrogens is 2. The highest BCUT2D eigenvalue weighted by atomic mass is 32.1. The molecule has 0 aliphatic heterocycles. The van der Waals surface area contributed by atoms with E-state index in [1.807, 2.05) is 18.5 Å². The van der Waals surface area contributed by atoms with Gasteiger partial charge in [0.05, 0.1) is 17.0 Å². The van der Waals surface area contributed by atoms with Gasteiger partial charge in [0.25, 0.3) is 0 Å². The molecule has 0 aromatic carbocycles. The summed E-state index contributed by atoms with van der Waals surface area (Å²) in [4.78, 5) is 5.66. The number of aliphatic hydroxyl groups excluding tert-OH is 1. The molecule has 19 heavy (non-hydrogen) atoms. The van der Waals surface area contributed by atoms with Crippen molar-refractivity contribution in [2.45, 2.75) is 50.7 Å². The molecule has 1 aliphatic rings. The van der Waals surface area contributed by atoms with Gasteiger partial charge in [-0.15, -0.1) is 11.3 Å². The van der Waals surface area contributed by atoms with Crippen LogP contribution in [-0.2, 0) is 0 Å². The van der Waals surface area contributed by atoms with Gasteiger partial charge in [-0.1, -0.05) is 31.7 Å². The van der Waals surface area contributed by atoms with Gasteiger partial charge in [-0.05, 0) is 24.3 Å². The molecule has 3 nitrogen and oxygen atoms in total. The van der Waals surface area contributed by atoms with Crippen LogP contribution in [0.5, 0.6) is 0 Å². The summed E-state index contributed by atoms with van der Waals surface area (Å²) in [7, 11) is 0. The molecule has 0 amide bonds. The molecular weight excluding hydrogens is 256 g/mol. The van der Waals surface area contributed by atoms with E-state index in [0.717, 1.165) is 25.1 Å². The van der Waals surface area contributed by atoms with Gasteiger partial charge in [-0.25, -0.2) is 4.98 Å². The maximum absolute atomic E-state index is 10.4. The maximum atomic E-state index is 10.4. The molecule has 2 aromatic heterocycles. The van der Waals surface area contributed by atoms with Crippen molar-refractivity contribution in [3.8, 4) is 10.7 Å². The average Bonchev–Trinajstić information content (AvgIpc) is 3.04. The van der Waals surface area contributed by atoms with E-state index in [9.17, 15) is 5.11 Å². The molecule has 1 aliphatic carbocycles. The molecule has 0 bridgehead atoms. The lowest BCUT2D eigenvalue weighted by atomic mass is 9.94. The van der Waals surface area contributed by atoms with Gasteiger partial charge in [0.2, 0.25) is 0 Å². The topological polar surface area (TPSA) is 38.0 Å². The van der Waals surface area contributed by atoms with E-state index in [0.29, 0.717) is 0 Å². The fourth-order valence-corrected chi connectivity index (χ4v) is 3.67. The minimum absolute atomic E-state index is 0.180. The maximum Gasteiger partial charge on any atom is 0.150 e. The number of aliphatic hydroxyl groups is 1. The summed E-state index contributed by atoms with van der Waals surface area (Å²) >= 11 is 1.70. The normalized spacial score (nSPS) is 24.9. The molecule has 0 radical (unpaired) electrons. The summed E-state index contributed by atoms with van der Waals surface area (Å²) in [6.45, 7) is 0. The van der Waals surface area contributed by atoms with E-state index >= 15 is 0 Å². The van der Waals surface area contributed by atoms with Crippen molar-refractivity contribution in [1.82, 2.24) is 9.55 Å². The summed E-state index contributed by atoms with van der Waals surface area (Å²) in [5.41, 5.74) is 0. The van der Waals surface area contributed by atoms with E-state index in [2.05, 4.69) is 21.0 Å². The molecule has 0 saturated heterocycles. The highest BCUT2D eigenvalue weighted by Crippen LogP contribution is 2.32. The number of hydrogen-bond donors (Lipinski definition) is 1. The Morgan fingerprint density at radius 1 is 1.21 bits per heavy atom. The van der Waals surface area contributed by atoms with Crippen LogP contribution in [-0.4, -0.2) is 20.8 Å². The van der Waals surface area contributed by atoms with Crippen molar-refractivity contribution in [2.75, 3.05) is 0 Å². The molecule has 2 aromatic rings. The highest BCUT2D eigenvalue weighted by Gasteiger charge is 2.24. The minimum Gasteiger partial charge on any atom is -0.391 e. The molecule has 2 atom stereocenters. The fraction of sp³-hybridized carbons (Fsp3) is 0.533. The zero-order valence-corrected chi connectivity index (χ0v) is 11.9. The lowest BCUT2D eigenvalue weighted by Gasteiger charge is -2.27. The average molecular weight is 276 g/mol. The van der Waals surface area contributed by atoms with Gasteiger partial charge in [-0.3, -0.25) is 0 Å². The molecule has 1 saturated carbocycles. The number of thiophene rings is 1. The molecule has 102 valence electrons. The van der Waals surface area contributed by atoms with Crippen LogP contribution in [0.2, 0.25) is 0 Å². The molecular formula is C15H20N2OS. The van der Waals surface area contributed by atoms with Crippen LogP contribution in [0.15, 0.2) is 29.9 Å². The Kier molecular flexibility index (Phi) is 3.99. The Balaban J connectivity index is 1.90. The summed E-state index contributed by atoms with van der Waals surface area (Å²) in [5.74, 6) is 1.000. The van der Waals surface area contributed by atoms with Gasteiger partial charge < -0.3 is 9.67 Å². The third kappa shape index (κ3) is 2.74. The van der Waals surface area contributed by atoms with Gasteiger partial charge in [0.1, 0.15) is 5.82 Å². The predicted molar refractivity (Wildman–Crippen MR) is 78.3 cm³/mol. The van der Waals surface area contributed by atoms with Crippen molar-refractivity contribution in [3.05, 3.63) is 29.9 Å². The Labute approximate surface area is 117 Å². The Morgan fingerprint density at radius 2 is 2.05 bits per heavy atom. The first kappa shape index (κ1) is 12.9. The Hall–Kier alpha value is -1.13. The van der Waals surface area contributed by atoms with E-state index in [1.165, 1.54) is 24.1 Å². The van der Waals surface area contributed by atoms with Crippen molar-refractivity contribution >= 4 is 11.3 Å². The van der Waals surface area contributed by atoms with E-state index < -0.39 is 0 Å². The van der Waals surface area contributed by atoms with Gasteiger partial charge in [0, 0.05) is 12.4 Å². The third-order valence-electron chi connectivity index (χ3n) is 3.96. The zero-order chi connectivity index (χ0) is 13.1. The second-order valence-electron chi connectivity index (χ2n) is 5.26. The van der Waals surface area contributed by atoms with Crippen molar-refractivity contribution in [1.29, 1.82) is 0 Å². The summed E-state index contributed by atoms with van der Waals surface area (Å²) < 4.78 is 2.18. The smallest absolute Gasteiger partial charge is 0.150 e. The number of imidazole rings is 1.